The third-order valence-electron chi connectivity index (χ3n) is 4.54. The molecule has 31 heavy (non-hydrogen) atoms. The number of halogens is 2. The van der Waals surface area contributed by atoms with Gasteiger partial charge in [0.1, 0.15) is 9.71 Å². The molecule has 4 rings (SSSR count). The van der Waals surface area contributed by atoms with Gasteiger partial charge in [0.2, 0.25) is 0 Å². The number of thiophene rings is 1. The van der Waals surface area contributed by atoms with Crippen LogP contribution < -0.4 is 5.43 Å². The Morgan fingerprint density at radius 3 is 2.74 bits per heavy atom. The highest BCUT2D eigenvalue weighted by molar-refractivity contribution is 7.21. The van der Waals surface area contributed by atoms with E-state index in [9.17, 15) is 4.79 Å². The molecule has 4 aromatic rings. The van der Waals surface area contributed by atoms with Crippen molar-refractivity contribution in [1.82, 2.24) is 15.0 Å². The van der Waals surface area contributed by atoms with Crippen LogP contribution in [0.3, 0.4) is 0 Å². The second-order valence-corrected chi connectivity index (χ2v) is 8.59. The van der Waals surface area contributed by atoms with Gasteiger partial charge in [0.25, 0.3) is 5.91 Å². The minimum absolute atomic E-state index is 0.330. The van der Waals surface area contributed by atoms with Crippen molar-refractivity contribution in [3.63, 3.8) is 0 Å². The summed E-state index contributed by atoms with van der Waals surface area (Å²) in [6.07, 6.45) is 5.31. The second-order valence-electron chi connectivity index (χ2n) is 6.78. The molecular weight excluding hydrogens is 455 g/mol. The number of hydrogen-bond donors (Lipinski definition) is 1. The number of fused-ring (bicyclic) bond motifs is 1. The van der Waals surface area contributed by atoms with Crippen LogP contribution in [-0.2, 0) is 11.3 Å². The Morgan fingerprint density at radius 1 is 1.26 bits per heavy atom. The SMILES string of the molecule is COCc1cc(C)nc2sc(C(=O)N/N=C\c3ccc(Cl)c(Cl)c3)c(-n3cccc3)c12. The number of rotatable bonds is 6. The van der Waals surface area contributed by atoms with Gasteiger partial charge in [-0.25, -0.2) is 10.4 Å². The highest BCUT2D eigenvalue weighted by atomic mass is 35.5. The first-order valence-corrected chi connectivity index (χ1v) is 10.9. The quantitative estimate of drug-likeness (QED) is 0.292. The van der Waals surface area contributed by atoms with Gasteiger partial charge in [-0.05, 0) is 48.4 Å². The minimum Gasteiger partial charge on any atom is -0.380 e. The summed E-state index contributed by atoms with van der Waals surface area (Å²) < 4.78 is 7.30. The van der Waals surface area contributed by atoms with Crippen molar-refractivity contribution >= 4 is 56.9 Å². The molecule has 0 aliphatic rings. The average molecular weight is 473 g/mol. The van der Waals surface area contributed by atoms with E-state index in [0.29, 0.717) is 21.5 Å². The van der Waals surface area contributed by atoms with Gasteiger partial charge >= 0.3 is 0 Å². The van der Waals surface area contributed by atoms with Gasteiger partial charge in [-0.3, -0.25) is 4.79 Å². The smallest absolute Gasteiger partial charge is 0.283 e. The normalized spacial score (nSPS) is 11.5. The van der Waals surface area contributed by atoms with Crippen LogP contribution >= 0.6 is 34.5 Å². The number of hydrazone groups is 1. The fraction of sp³-hybridized carbons (Fsp3) is 0.136. The van der Waals surface area contributed by atoms with Crippen LogP contribution in [0.4, 0.5) is 0 Å². The van der Waals surface area contributed by atoms with Gasteiger partial charge < -0.3 is 9.30 Å². The van der Waals surface area contributed by atoms with Crippen molar-refractivity contribution < 1.29 is 9.53 Å². The number of aryl methyl sites for hydroxylation is 1. The van der Waals surface area contributed by atoms with Gasteiger partial charge in [0, 0.05) is 30.6 Å². The molecule has 0 aliphatic carbocycles. The predicted molar refractivity (Wildman–Crippen MR) is 126 cm³/mol. The maximum atomic E-state index is 13.1. The van der Waals surface area contributed by atoms with Crippen molar-refractivity contribution in [2.24, 2.45) is 5.10 Å². The maximum absolute atomic E-state index is 13.1. The monoisotopic (exact) mass is 472 g/mol. The number of aromatic nitrogens is 2. The molecule has 0 fully saturated rings. The molecule has 6 nitrogen and oxygen atoms in total. The number of pyridine rings is 1. The molecule has 0 bridgehead atoms. The van der Waals surface area contributed by atoms with Crippen molar-refractivity contribution in [2.75, 3.05) is 7.11 Å². The maximum Gasteiger partial charge on any atom is 0.283 e. The van der Waals surface area contributed by atoms with E-state index in [2.05, 4.69) is 15.5 Å². The zero-order chi connectivity index (χ0) is 22.0. The van der Waals surface area contributed by atoms with Crippen molar-refractivity contribution in [3.05, 3.63) is 80.5 Å². The molecule has 0 aliphatic heterocycles. The van der Waals surface area contributed by atoms with E-state index in [0.717, 1.165) is 32.7 Å². The topological polar surface area (TPSA) is 68.5 Å². The third kappa shape index (κ3) is 4.50. The van der Waals surface area contributed by atoms with Crippen LogP contribution in [0.25, 0.3) is 15.9 Å². The first kappa shape index (κ1) is 21.5. The van der Waals surface area contributed by atoms with Gasteiger partial charge in [-0.1, -0.05) is 29.3 Å². The van der Waals surface area contributed by atoms with Crippen LogP contribution in [0.1, 0.15) is 26.5 Å². The Kier molecular flexibility index (Phi) is 6.38. The lowest BCUT2D eigenvalue weighted by atomic mass is 10.1. The van der Waals surface area contributed by atoms with Crippen LogP contribution in [0.2, 0.25) is 10.0 Å². The summed E-state index contributed by atoms with van der Waals surface area (Å²) >= 11 is 13.3. The Morgan fingerprint density at radius 2 is 2.03 bits per heavy atom. The number of carbonyl (C=O) groups excluding carboxylic acids is 1. The highest BCUT2D eigenvalue weighted by Gasteiger charge is 2.23. The lowest BCUT2D eigenvalue weighted by Gasteiger charge is -2.09. The molecule has 0 unspecified atom stereocenters. The summed E-state index contributed by atoms with van der Waals surface area (Å²) in [7, 11) is 1.65. The van der Waals surface area contributed by atoms with Gasteiger partial charge in [-0.2, -0.15) is 5.10 Å². The van der Waals surface area contributed by atoms with Crippen molar-refractivity contribution in [1.29, 1.82) is 0 Å². The molecule has 0 radical (unpaired) electrons. The Hall–Kier alpha value is -2.71. The van der Waals surface area contributed by atoms with E-state index in [1.54, 1.807) is 25.3 Å². The van der Waals surface area contributed by atoms with E-state index in [1.807, 2.05) is 42.1 Å². The van der Waals surface area contributed by atoms with Crippen LogP contribution in [0.5, 0.6) is 0 Å². The number of benzene rings is 1. The number of amides is 1. The first-order valence-electron chi connectivity index (χ1n) is 9.31. The Labute approximate surface area is 193 Å². The van der Waals surface area contributed by atoms with Crippen LogP contribution in [0.15, 0.2) is 53.9 Å². The van der Waals surface area contributed by atoms with Gasteiger partial charge in [0.05, 0.1) is 28.6 Å². The Bertz CT molecular complexity index is 1280. The molecule has 158 valence electrons. The number of ether oxygens (including phenoxy) is 1. The summed E-state index contributed by atoms with van der Waals surface area (Å²) in [5, 5.41) is 5.86. The van der Waals surface area contributed by atoms with Crippen LogP contribution in [0, 0.1) is 6.92 Å². The summed E-state index contributed by atoms with van der Waals surface area (Å²) in [6, 6.07) is 10.9. The fourth-order valence-electron chi connectivity index (χ4n) is 3.26. The molecule has 1 amide bonds. The first-order chi connectivity index (χ1) is 15.0. The summed E-state index contributed by atoms with van der Waals surface area (Å²) in [4.78, 5) is 19.0. The van der Waals surface area contributed by atoms with E-state index in [-0.39, 0.29) is 5.91 Å². The molecule has 1 N–H and O–H groups in total. The van der Waals surface area contributed by atoms with E-state index < -0.39 is 0 Å². The molecule has 1 aromatic carbocycles. The van der Waals surface area contributed by atoms with E-state index >= 15 is 0 Å². The lowest BCUT2D eigenvalue weighted by molar-refractivity contribution is 0.0959. The zero-order valence-corrected chi connectivity index (χ0v) is 19.1. The number of hydrogen-bond acceptors (Lipinski definition) is 5. The van der Waals surface area contributed by atoms with Crippen LogP contribution in [-0.4, -0.2) is 28.8 Å². The largest absolute Gasteiger partial charge is 0.380 e. The van der Waals surface area contributed by atoms with Crippen molar-refractivity contribution in [3.8, 4) is 5.69 Å². The number of carbonyl (C=O) groups is 1. The Balaban J connectivity index is 1.73. The molecule has 3 heterocycles. The lowest BCUT2D eigenvalue weighted by Crippen LogP contribution is -2.18. The predicted octanol–water partition coefficient (Wildman–Crippen LogP) is 5.61. The molecular formula is C22H18Cl2N4O2S. The number of nitrogens with one attached hydrogen (secondary N) is 1. The summed E-state index contributed by atoms with van der Waals surface area (Å²) in [6.45, 7) is 2.34. The summed E-state index contributed by atoms with van der Waals surface area (Å²) in [5.74, 6) is -0.330. The fourth-order valence-corrected chi connectivity index (χ4v) is 4.72. The molecule has 9 heteroatoms. The molecule has 0 atom stereocenters. The molecule has 0 saturated carbocycles. The molecule has 0 saturated heterocycles. The third-order valence-corrected chi connectivity index (χ3v) is 6.35. The molecule has 3 aromatic heterocycles. The second kappa shape index (κ2) is 9.20. The minimum atomic E-state index is -0.330. The van der Waals surface area contributed by atoms with Gasteiger partial charge in [-0.15, -0.1) is 11.3 Å². The standard InChI is InChI=1S/C22H18Cl2N4O2S/c1-13-9-15(12-30-2)18-19(28-7-3-4-8-28)20(31-22(18)26-13)21(29)27-25-11-14-5-6-16(23)17(24)10-14/h3-11H,12H2,1-2H3,(H,27,29)/b25-11-. The number of nitrogens with zero attached hydrogens (tertiary/aromatic N) is 3. The number of methoxy groups -OCH3 is 1. The van der Waals surface area contributed by atoms with Crippen molar-refractivity contribution in [2.45, 2.75) is 13.5 Å². The highest BCUT2D eigenvalue weighted by Crippen LogP contribution is 2.36. The van der Waals surface area contributed by atoms with E-state index in [1.165, 1.54) is 17.6 Å². The average Bonchev–Trinajstić information content (AvgIpc) is 3.38. The molecule has 0 spiro atoms. The summed E-state index contributed by atoms with van der Waals surface area (Å²) in [5.41, 5.74) is 5.92. The van der Waals surface area contributed by atoms with Gasteiger partial charge in [0.15, 0.2) is 0 Å². The van der Waals surface area contributed by atoms with E-state index in [4.69, 9.17) is 27.9 Å². The zero-order valence-electron chi connectivity index (χ0n) is 16.7.